The number of ether oxygens (including phenoxy) is 2. The van der Waals surface area contributed by atoms with Gasteiger partial charge in [0.2, 0.25) is 5.91 Å². The first kappa shape index (κ1) is 21.8. The van der Waals surface area contributed by atoms with Gasteiger partial charge in [-0.15, -0.1) is 0 Å². The van der Waals surface area contributed by atoms with Crippen molar-refractivity contribution in [2.45, 2.75) is 44.4 Å². The summed E-state index contributed by atoms with van der Waals surface area (Å²) >= 11 is 0. The maximum Gasteiger partial charge on any atom is 0.411 e. The van der Waals surface area contributed by atoms with Crippen LogP contribution in [0.1, 0.15) is 32.8 Å². The van der Waals surface area contributed by atoms with E-state index >= 15 is 0 Å². The molecule has 2 aliphatic rings. The highest BCUT2D eigenvalue weighted by molar-refractivity contribution is 5.95. The molecule has 10 heteroatoms. The van der Waals surface area contributed by atoms with Gasteiger partial charge in [-0.3, -0.25) is 9.69 Å². The first-order chi connectivity index (χ1) is 15.1. The zero-order chi connectivity index (χ0) is 23.1. The lowest BCUT2D eigenvalue weighted by molar-refractivity contribution is -0.121. The van der Waals surface area contributed by atoms with E-state index in [9.17, 15) is 9.59 Å². The smallest absolute Gasteiger partial charge is 0.411 e. The highest BCUT2D eigenvalue weighted by Crippen LogP contribution is 2.41. The van der Waals surface area contributed by atoms with E-state index in [1.807, 2.05) is 20.8 Å². The predicted octanol–water partition coefficient (Wildman–Crippen LogP) is 1.91. The highest BCUT2D eigenvalue weighted by Gasteiger charge is 2.54. The van der Waals surface area contributed by atoms with Gasteiger partial charge in [-0.2, -0.15) is 0 Å². The summed E-state index contributed by atoms with van der Waals surface area (Å²) in [5.74, 6) is 0.559. The van der Waals surface area contributed by atoms with Crippen LogP contribution in [0, 0.1) is 0 Å². The maximum atomic E-state index is 13.5. The molecule has 2 unspecified atom stereocenters. The first-order valence-electron chi connectivity index (χ1n) is 10.4. The first-order valence-corrected chi connectivity index (χ1v) is 10.4. The van der Waals surface area contributed by atoms with Crippen LogP contribution in [0.4, 0.5) is 22.1 Å². The Bertz CT molecular complexity index is 1000. The molecule has 4 heterocycles. The number of hydrogen-bond acceptors (Lipinski definition) is 8. The number of carbonyl (C=O) groups is 2. The molecule has 0 radical (unpaired) electrons. The molecule has 4 N–H and O–H groups in total. The Balaban J connectivity index is 1.85. The van der Waals surface area contributed by atoms with Crippen LogP contribution in [0.5, 0.6) is 0 Å². The zero-order valence-corrected chi connectivity index (χ0v) is 18.4. The Hall–Kier alpha value is -3.40. The normalized spacial score (nSPS) is 23.6. The molecule has 2 amide bonds. The number of rotatable bonds is 2. The lowest BCUT2D eigenvalue weighted by Gasteiger charge is -2.49. The van der Waals surface area contributed by atoms with Crippen molar-refractivity contribution in [1.29, 1.82) is 0 Å². The van der Waals surface area contributed by atoms with Gasteiger partial charge in [0.05, 0.1) is 44.1 Å². The average molecular weight is 441 g/mol. The summed E-state index contributed by atoms with van der Waals surface area (Å²) in [6, 6.07) is 6.35. The Kier molecular flexibility index (Phi) is 5.41. The summed E-state index contributed by atoms with van der Waals surface area (Å²) in [6.07, 6.45) is 2.74. The van der Waals surface area contributed by atoms with Crippen molar-refractivity contribution in [1.82, 2.24) is 14.9 Å². The fourth-order valence-electron chi connectivity index (χ4n) is 4.21. The van der Waals surface area contributed by atoms with E-state index in [1.54, 1.807) is 46.5 Å². The zero-order valence-electron chi connectivity index (χ0n) is 18.4. The van der Waals surface area contributed by atoms with Gasteiger partial charge in [-0.05, 0) is 39.0 Å². The third-order valence-corrected chi connectivity index (χ3v) is 5.60. The standard InChI is InChI=1S/C22H28N6O4/c1-21(2,3)32-20(30)28-16-8-19(29)27(15-5-7-18(24)26-10-15)12-22(28,13-31-11-16)14-4-6-17(23)25-9-14/h4-7,9-10,16H,8,11-13H2,1-3H3,(H2,23,25)(H2,24,26). The highest BCUT2D eigenvalue weighted by atomic mass is 16.6. The number of amides is 2. The molecule has 0 saturated carbocycles. The summed E-state index contributed by atoms with van der Waals surface area (Å²) in [5, 5.41) is 0. The van der Waals surface area contributed by atoms with E-state index < -0.39 is 23.3 Å². The van der Waals surface area contributed by atoms with Gasteiger partial charge in [0.25, 0.3) is 0 Å². The summed E-state index contributed by atoms with van der Waals surface area (Å²) < 4.78 is 11.7. The molecule has 2 atom stereocenters. The number of nitrogen functional groups attached to an aromatic ring is 2. The Morgan fingerprint density at radius 2 is 1.84 bits per heavy atom. The lowest BCUT2D eigenvalue weighted by atomic mass is 9.87. The topological polar surface area (TPSA) is 137 Å². The van der Waals surface area contributed by atoms with Gasteiger partial charge in [-0.1, -0.05) is 6.07 Å². The molecule has 10 nitrogen and oxygen atoms in total. The fourth-order valence-corrected chi connectivity index (χ4v) is 4.21. The molecular formula is C22H28N6O4. The van der Waals surface area contributed by atoms with Gasteiger partial charge < -0.3 is 25.8 Å². The Morgan fingerprint density at radius 3 is 2.44 bits per heavy atom. The second-order valence-electron chi connectivity index (χ2n) is 9.15. The van der Waals surface area contributed by atoms with E-state index in [1.165, 1.54) is 0 Å². The number of hydrogen-bond donors (Lipinski definition) is 2. The fraction of sp³-hybridized carbons (Fsp3) is 0.455. The van der Waals surface area contributed by atoms with Crippen LogP contribution < -0.4 is 16.4 Å². The van der Waals surface area contributed by atoms with Gasteiger partial charge in [0.1, 0.15) is 22.8 Å². The number of nitrogens with two attached hydrogens (primary N) is 2. The summed E-state index contributed by atoms with van der Waals surface area (Å²) in [5.41, 5.74) is 11.1. The molecule has 2 saturated heterocycles. The average Bonchev–Trinajstić information content (AvgIpc) is 2.78. The number of morpholine rings is 1. The quantitative estimate of drug-likeness (QED) is 0.722. The number of aromatic nitrogens is 2. The number of carbonyl (C=O) groups excluding carboxylic acids is 2. The van der Waals surface area contributed by atoms with Crippen molar-refractivity contribution in [3.8, 4) is 0 Å². The minimum atomic E-state index is -1.03. The third kappa shape index (κ3) is 4.05. The van der Waals surface area contributed by atoms with Crippen molar-refractivity contribution >= 4 is 29.3 Å². The van der Waals surface area contributed by atoms with Crippen molar-refractivity contribution in [3.05, 3.63) is 42.2 Å². The molecular weight excluding hydrogens is 412 g/mol. The minimum Gasteiger partial charge on any atom is -0.444 e. The molecule has 2 bridgehead atoms. The van der Waals surface area contributed by atoms with Crippen LogP contribution in [0.2, 0.25) is 0 Å². The van der Waals surface area contributed by atoms with Crippen LogP contribution in [-0.4, -0.2) is 58.3 Å². The minimum absolute atomic E-state index is 0.0772. The monoisotopic (exact) mass is 440 g/mol. The molecule has 170 valence electrons. The molecule has 0 aromatic carbocycles. The molecule has 0 spiro atoms. The van der Waals surface area contributed by atoms with E-state index in [4.69, 9.17) is 20.9 Å². The number of nitrogens with zero attached hydrogens (tertiary/aromatic N) is 4. The molecule has 32 heavy (non-hydrogen) atoms. The molecule has 4 rings (SSSR count). The van der Waals surface area contributed by atoms with Crippen LogP contribution in [0.3, 0.4) is 0 Å². The largest absolute Gasteiger partial charge is 0.444 e. The van der Waals surface area contributed by atoms with Crippen LogP contribution in [0.15, 0.2) is 36.7 Å². The number of anilines is 3. The molecule has 2 aromatic heterocycles. The van der Waals surface area contributed by atoms with E-state index in [-0.39, 0.29) is 32.1 Å². The second kappa shape index (κ2) is 7.94. The SMILES string of the molecule is CC(C)(C)OC(=O)N1C2COCC1(c1ccc(N)nc1)CN(c1ccc(N)nc1)C(=O)C2. The van der Waals surface area contributed by atoms with E-state index in [2.05, 4.69) is 9.97 Å². The van der Waals surface area contributed by atoms with Gasteiger partial charge in [-0.25, -0.2) is 14.8 Å². The van der Waals surface area contributed by atoms with Gasteiger partial charge in [0.15, 0.2) is 0 Å². The molecule has 2 aromatic rings. The van der Waals surface area contributed by atoms with Crippen molar-refractivity contribution in [2.75, 3.05) is 36.1 Å². The Labute approximate surface area is 186 Å². The van der Waals surface area contributed by atoms with Crippen molar-refractivity contribution in [2.24, 2.45) is 0 Å². The van der Waals surface area contributed by atoms with E-state index in [0.29, 0.717) is 22.9 Å². The van der Waals surface area contributed by atoms with Crippen LogP contribution in [0.25, 0.3) is 0 Å². The molecule has 2 fully saturated rings. The summed E-state index contributed by atoms with van der Waals surface area (Å²) in [4.78, 5) is 38.4. The van der Waals surface area contributed by atoms with Gasteiger partial charge >= 0.3 is 6.09 Å². The summed E-state index contributed by atoms with van der Waals surface area (Å²) in [7, 11) is 0. The van der Waals surface area contributed by atoms with Crippen LogP contribution in [-0.2, 0) is 19.8 Å². The Morgan fingerprint density at radius 1 is 1.16 bits per heavy atom. The predicted molar refractivity (Wildman–Crippen MR) is 119 cm³/mol. The van der Waals surface area contributed by atoms with Crippen LogP contribution >= 0.6 is 0 Å². The second-order valence-corrected chi connectivity index (χ2v) is 9.15. The lowest BCUT2D eigenvalue weighted by Crippen LogP contribution is -2.64. The summed E-state index contributed by atoms with van der Waals surface area (Å²) in [6.45, 7) is 5.96. The van der Waals surface area contributed by atoms with E-state index in [0.717, 1.165) is 0 Å². The number of fused-ring (bicyclic) bond motifs is 2. The molecule has 0 aliphatic carbocycles. The van der Waals surface area contributed by atoms with Crippen molar-refractivity contribution < 1.29 is 19.1 Å². The van der Waals surface area contributed by atoms with Crippen molar-refractivity contribution in [3.63, 3.8) is 0 Å². The third-order valence-electron chi connectivity index (χ3n) is 5.60. The number of pyridine rings is 2. The molecule has 2 aliphatic heterocycles. The van der Waals surface area contributed by atoms with Gasteiger partial charge in [0, 0.05) is 11.8 Å². The maximum absolute atomic E-state index is 13.5.